The van der Waals surface area contributed by atoms with E-state index in [0.29, 0.717) is 6.42 Å². The SMILES string of the molecule is CCNc1nccnc1Cc1ccccn1. The predicted octanol–water partition coefficient (Wildman–Crippen LogP) is 1.89. The molecule has 0 amide bonds. The molecule has 0 unspecified atom stereocenters. The van der Waals surface area contributed by atoms with Crippen LogP contribution in [0.25, 0.3) is 0 Å². The van der Waals surface area contributed by atoms with Crippen LogP contribution in [0.15, 0.2) is 36.8 Å². The lowest BCUT2D eigenvalue weighted by molar-refractivity contribution is 0.977. The van der Waals surface area contributed by atoms with E-state index < -0.39 is 0 Å². The minimum atomic E-state index is 0.705. The predicted molar refractivity (Wildman–Crippen MR) is 63.2 cm³/mol. The van der Waals surface area contributed by atoms with Crippen molar-refractivity contribution in [3.8, 4) is 0 Å². The van der Waals surface area contributed by atoms with Gasteiger partial charge in [0.2, 0.25) is 0 Å². The highest BCUT2D eigenvalue weighted by Crippen LogP contribution is 2.12. The molecule has 0 atom stereocenters. The number of nitrogens with one attached hydrogen (secondary N) is 1. The number of rotatable bonds is 4. The number of hydrogen-bond donors (Lipinski definition) is 1. The third-order valence-corrected chi connectivity index (χ3v) is 2.19. The van der Waals surface area contributed by atoms with Crippen LogP contribution in [0.1, 0.15) is 18.3 Å². The second kappa shape index (κ2) is 5.21. The second-order valence-electron chi connectivity index (χ2n) is 3.38. The highest BCUT2D eigenvalue weighted by Gasteiger charge is 2.05. The Hall–Kier alpha value is -1.97. The maximum Gasteiger partial charge on any atom is 0.148 e. The number of hydrogen-bond acceptors (Lipinski definition) is 4. The van der Waals surface area contributed by atoms with Crippen molar-refractivity contribution in [3.63, 3.8) is 0 Å². The Morgan fingerprint density at radius 3 is 2.69 bits per heavy atom. The normalized spacial score (nSPS) is 10.1. The molecule has 0 spiro atoms. The van der Waals surface area contributed by atoms with E-state index in [0.717, 1.165) is 23.8 Å². The molecule has 0 fully saturated rings. The highest BCUT2D eigenvalue weighted by molar-refractivity contribution is 5.41. The van der Waals surface area contributed by atoms with Crippen molar-refractivity contribution in [2.75, 3.05) is 11.9 Å². The summed E-state index contributed by atoms with van der Waals surface area (Å²) in [7, 11) is 0. The lowest BCUT2D eigenvalue weighted by Crippen LogP contribution is -2.06. The van der Waals surface area contributed by atoms with Gasteiger partial charge in [0.15, 0.2) is 0 Å². The van der Waals surface area contributed by atoms with Gasteiger partial charge >= 0.3 is 0 Å². The average Bonchev–Trinajstić information content (AvgIpc) is 2.33. The zero-order chi connectivity index (χ0) is 11.2. The summed E-state index contributed by atoms with van der Waals surface area (Å²) in [5.74, 6) is 0.843. The van der Waals surface area contributed by atoms with Crippen molar-refractivity contribution in [1.82, 2.24) is 15.0 Å². The van der Waals surface area contributed by atoms with Crippen molar-refractivity contribution in [3.05, 3.63) is 48.2 Å². The van der Waals surface area contributed by atoms with E-state index in [1.165, 1.54) is 0 Å². The van der Waals surface area contributed by atoms with E-state index in [1.807, 2.05) is 25.1 Å². The fraction of sp³-hybridized carbons (Fsp3) is 0.250. The summed E-state index contributed by atoms with van der Waals surface area (Å²) in [4.78, 5) is 12.9. The van der Waals surface area contributed by atoms with Gasteiger partial charge in [0.25, 0.3) is 0 Å². The second-order valence-corrected chi connectivity index (χ2v) is 3.38. The molecular formula is C12H14N4. The fourth-order valence-electron chi connectivity index (χ4n) is 1.49. The number of pyridine rings is 1. The third kappa shape index (κ3) is 2.53. The molecule has 4 heteroatoms. The maximum atomic E-state index is 4.33. The molecule has 4 nitrogen and oxygen atoms in total. The van der Waals surface area contributed by atoms with Crippen LogP contribution in [0.2, 0.25) is 0 Å². The van der Waals surface area contributed by atoms with Crippen molar-refractivity contribution in [2.24, 2.45) is 0 Å². The van der Waals surface area contributed by atoms with Crippen molar-refractivity contribution in [1.29, 1.82) is 0 Å². The minimum absolute atomic E-state index is 0.705. The Morgan fingerprint density at radius 2 is 1.94 bits per heavy atom. The van der Waals surface area contributed by atoms with Crippen molar-refractivity contribution in [2.45, 2.75) is 13.3 Å². The summed E-state index contributed by atoms with van der Waals surface area (Å²) in [5, 5.41) is 3.19. The number of anilines is 1. The van der Waals surface area contributed by atoms with Gasteiger partial charge < -0.3 is 5.32 Å². The van der Waals surface area contributed by atoms with Crippen LogP contribution in [-0.2, 0) is 6.42 Å². The molecule has 0 saturated carbocycles. The Kier molecular flexibility index (Phi) is 3.43. The van der Waals surface area contributed by atoms with Gasteiger partial charge in [-0.15, -0.1) is 0 Å². The Morgan fingerprint density at radius 1 is 1.06 bits per heavy atom. The van der Waals surface area contributed by atoms with Crippen LogP contribution in [-0.4, -0.2) is 21.5 Å². The fourth-order valence-corrected chi connectivity index (χ4v) is 1.49. The van der Waals surface area contributed by atoms with E-state index in [4.69, 9.17) is 0 Å². The Balaban J connectivity index is 2.21. The van der Waals surface area contributed by atoms with Gasteiger partial charge in [0, 0.05) is 37.3 Å². The van der Waals surface area contributed by atoms with Crippen LogP contribution in [0.5, 0.6) is 0 Å². The lowest BCUT2D eigenvalue weighted by atomic mass is 10.2. The minimum Gasteiger partial charge on any atom is -0.369 e. The van der Waals surface area contributed by atoms with Gasteiger partial charge in [-0.2, -0.15) is 0 Å². The molecular weight excluding hydrogens is 200 g/mol. The molecule has 16 heavy (non-hydrogen) atoms. The van der Waals surface area contributed by atoms with Gasteiger partial charge in [-0.05, 0) is 19.1 Å². The van der Waals surface area contributed by atoms with Crippen LogP contribution >= 0.6 is 0 Å². The Labute approximate surface area is 94.8 Å². The van der Waals surface area contributed by atoms with Crippen LogP contribution in [0, 0.1) is 0 Å². The van der Waals surface area contributed by atoms with Gasteiger partial charge in [-0.1, -0.05) is 6.07 Å². The summed E-state index contributed by atoms with van der Waals surface area (Å²) in [5.41, 5.74) is 1.94. The van der Waals surface area contributed by atoms with Crippen LogP contribution in [0.3, 0.4) is 0 Å². The van der Waals surface area contributed by atoms with Gasteiger partial charge in [0.1, 0.15) is 5.82 Å². The molecule has 0 aromatic carbocycles. The standard InChI is InChI=1S/C12H14N4/c1-2-13-12-11(15-7-8-16-12)9-10-5-3-4-6-14-10/h3-8H,2,9H2,1H3,(H,13,16). The van der Waals surface area contributed by atoms with E-state index in [9.17, 15) is 0 Å². The molecule has 2 rings (SSSR count). The first-order valence-corrected chi connectivity index (χ1v) is 5.34. The summed E-state index contributed by atoms with van der Waals surface area (Å²) >= 11 is 0. The van der Waals surface area contributed by atoms with E-state index in [-0.39, 0.29) is 0 Å². The molecule has 2 heterocycles. The monoisotopic (exact) mass is 214 g/mol. The Bertz CT molecular complexity index is 442. The highest BCUT2D eigenvalue weighted by atomic mass is 15.0. The molecule has 2 aromatic heterocycles. The van der Waals surface area contributed by atoms with Gasteiger partial charge in [0.05, 0.1) is 5.69 Å². The molecule has 82 valence electrons. The van der Waals surface area contributed by atoms with Crippen LogP contribution in [0.4, 0.5) is 5.82 Å². The zero-order valence-corrected chi connectivity index (χ0v) is 9.22. The molecule has 2 aromatic rings. The molecule has 0 saturated heterocycles. The lowest BCUT2D eigenvalue weighted by Gasteiger charge is -2.07. The van der Waals surface area contributed by atoms with E-state index >= 15 is 0 Å². The largest absolute Gasteiger partial charge is 0.369 e. The summed E-state index contributed by atoms with van der Waals surface area (Å²) in [6, 6.07) is 5.88. The zero-order valence-electron chi connectivity index (χ0n) is 9.22. The average molecular weight is 214 g/mol. The number of nitrogens with zero attached hydrogens (tertiary/aromatic N) is 3. The topological polar surface area (TPSA) is 50.7 Å². The molecule has 0 aliphatic rings. The van der Waals surface area contributed by atoms with E-state index in [2.05, 4.69) is 20.3 Å². The maximum absolute atomic E-state index is 4.33. The molecule has 0 bridgehead atoms. The first-order chi connectivity index (χ1) is 7.90. The van der Waals surface area contributed by atoms with Gasteiger partial charge in [-0.25, -0.2) is 4.98 Å². The quantitative estimate of drug-likeness (QED) is 0.844. The van der Waals surface area contributed by atoms with Crippen LogP contribution < -0.4 is 5.32 Å². The summed E-state index contributed by atoms with van der Waals surface area (Å²) in [6.07, 6.45) is 5.90. The smallest absolute Gasteiger partial charge is 0.148 e. The molecule has 1 N–H and O–H groups in total. The first-order valence-electron chi connectivity index (χ1n) is 5.34. The molecule has 0 aliphatic carbocycles. The van der Waals surface area contributed by atoms with Crippen molar-refractivity contribution >= 4 is 5.82 Å². The molecule has 0 radical (unpaired) electrons. The number of aromatic nitrogens is 3. The molecule has 0 aliphatic heterocycles. The summed E-state index contributed by atoms with van der Waals surface area (Å²) < 4.78 is 0. The van der Waals surface area contributed by atoms with Gasteiger partial charge in [-0.3, -0.25) is 9.97 Å². The first kappa shape index (κ1) is 10.5. The summed E-state index contributed by atoms with van der Waals surface area (Å²) in [6.45, 7) is 2.88. The third-order valence-electron chi connectivity index (χ3n) is 2.19. The van der Waals surface area contributed by atoms with E-state index in [1.54, 1.807) is 18.6 Å². The van der Waals surface area contributed by atoms with Crippen molar-refractivity contribution < 1.29 is 0 Å².